The molecular weight excluding hydrogens is 412 g/mol. The van der Waals surface area contributed by atoms with Crippen molar-refractivity contribution in [3.63, 3.8) is 0 Å². The van der Waals surface area contributed by atoms with Crippen molar-refractivity contribution in [3.05, 3.63) is 52.5 Å². The molecule has 4 rings (SSSR count). The third-order valence-corrected chi connectivity index (χ3v) is 6.09. The van der Waals surface area contributed by atoms with Crippen LogP contribution in [0.5, 0.6) is 11.5 Å². The molecule has 0 unspecified atom stereocenters. The van der Waals surface area contributed by atoms with E-state index in [0.29, 0.717) is 11.7 Å². The standard InChI is InChI=1S/C20H21BrN2O2S/c1-4-24-15-8-6-14(7-9-15)23-19(26)22-18-12(2)20(23,3)25-17-10-5-13(21)11-16(17)18/h5-12,18H,4H2,1-3H3,(H,22,26)/t12-,18+,20+/m1/s1. The summed E-state index contributed by atoms with van der Waals surface area (Å²) in [6.07, 6.45) is 0. The first-order valence-electron chi connectivity index (χ1n) is 8.76. The Hall–Kier alpha value is -1.79. The molecule has 4 nitrogen and oxygen atoms in total. The van der Waals surface area contributed by atoms with Gasteiger partial charge in [0.1, 0.15) is 11.5 Å². The zero-order chi connectivity index (χ0) is 18.5. The highest BCUT2D eigenvalue weighted by atomic mass is 79.9. The molecule has 2 aromatic rings. The van der Waals surface area contributed by atoms with Gasteiger partial charge in [-0.3, -0.25) is 4.90 Å². The fraction of sp³-hybridized carbons (Fsp3) is 0.350. The van der Waals surface area contributed by atoms with E-state index in [4.69, 9.17) is 21.7 Å². The van der Waals surface area contributed by atoms with Crippen LogP contribution in [0.1, 0.15) is 32.4 Å². The Morgan fingerprint density at radius 2 is 2.00 bits per heavy atom. The molecule has 2 aliphatic heterocycles. The average Bonchev–Trinajstić information content (AvgIpc) is 2.60. The summed E-state index contributed by atoms with van der Waals surface area (Å²) in [6.45, 7) is 6.94. The molecule has 3 atom stereocenters. The van der Waals surface area contributed by atoms with Gasteiger partial charge in [0.05, 0.1) is 12.6 Å². The largest absolute Gasteiger partial charge is 0.494 e. The Bertz CT molecular complexity index is 857. The van der Waals surface area contributed by atoms with Crippen molar-refractivity contribution < 1.29 is 9.47 Å². The third kappa shape index (κ3) is 2.67. The summed E-state index contributed by atoms with van der Waals surface area (Å²) in [7, 11) is 0. The van der Waals surface area contributed by atoms with Crippen LogP contribution in [-0.2, 0) is 0 Å². The number of ether oxygens (including phenoxy) is 2. The van der Waals surface area contributed by atoms with E-state index in [1.165, 1.54) is 0 Å². The predicted octanol–water partition coefficient (Wildman–Crippen LogP) is 5.03. The maximum atomic E-state index is 6.52. The van der Waals surface area contributed by atoms with Crippen molar-refractivity contribution in [2.45, 2.75) is 32.5 Å². The first kappa shape index (κ1) is 17.6. The second-order valence-electron chi connectivity index (χ2n) is 6.82. The predicted molar refractivity (Wildman–Crippen MR) is 111 cm³/mol. The molecule has 2 bridgehead atoms. The maximum absolute atomic E-state index is 6.52. The summed E-state index contributed by atoms with van der Waals surface area (Å²) in [5.41, 5.74) is 1.55. The average molecular weight is 433 g/mol. The molecule has 136 valence electrons. The molecule has 0 radical (unpaired) electrons. The van der Waals surface area contributed by atoms with Crippen molar-refractivity contribution in [1.82, 2.24) is 5.32 Å². The van der Waals surface area contributed by atoms with E-state index in [9.17, 15) is 0 Å². The zero-order valence-electron chi connectivity index (χ0n) is 15.0. The number of rotatable bonds is 3. The summed E-state index contributed by atoms with van der Waals surface area (Å²) >= 11 is 9.28. The van der Waals surface area contributed by atoms with Crippen LogP contribution in [0.15, 0.2) is 46.9 Å². The topological polar surface area (TPSA) is 33.7 Å². The smallest absolute Gasteiger partial charge is 0.190 e. The van der Waals surface area contributed by atoms with Gasteiger partial charge in [-0.15, -0.1) is 0 Å². The number of thiocarbonyl (C=S) groups is 1. The third-order valence-electron chi connectivity index (χ3n) is 5.30. The van der Waals surface area contributed by atoms with Gasteiger partial charge in [-0.05, 0) is 68.5 Å². The number of benzene rings is 2. The summed E-state index contributed by atoms with van der Waals surface area (Å²) in [4.78, 5) is 2.07. The van der Waals surface area contributed by atoms with E-state index in [0.717, 1.165) is 27.2 Å². The number of halogens is 1. The van der Waals surface area contributed by atoms with Crippen molar-refractivity contribution in [2.75, 3.05) is 11.5 Å². The highest BCUT2D eigenvalue weighted by molar-refractivity contribution is 9.10. The second-order valence-corrected chi connectivity index (χ2v) is 8.12. The van der Waals surface area contributed by atoms with Gasteiger partial charge in [0, 0.05) is 21.6 Å². The Morgan fingerprint density at radius 1 is 1.27 bits per heavy atom. The molecule has 0 saturated carbocycles. The van der Waals surface area contributed by atoms with E-state index in [1.54, 1.807) is 0 Å². The van der Waals surface area contributed by atoms with Crippen molar-refractivity contribution >= 4 is 38.9 Å². The monoisotopic (exact) mass is 432 g/mol. The molecule has 0 aromatic heterocycles. The molecule has 0 aliphatic carbocycles. The molecule has 1 fully saturated rings. The zero-order valence-corrected chi connectivity index (χ0v) is 17.4. The summed E-state index contributed by atoms with van der Waals surface area (Å²) in [5.74, 6) is 1.94. The molecule has 26 heavy (non-hydrogen) atoms. The van der Waals surface area contributed by atoms with Crippen LogP contribution in [0, 0.1) is 5.92 Å². The van der Waals surface area contributed by atoms with Gasteiger partial charge in [0.15, 0.2) is 10.8 Å². The molecule has 1 saturated heterocycles. The summed E-state index contributed by atoms with van der Waals surface area (Å²) in [6, 6.07) is 14.2. The molecular formula is C20H21BrN2O2S. The van der Waals surface area contributed by atoms with E-state index in [-0.39, 0.29) is 12.0 Å². The minimum Gasteiger partial charge on any atom is -0.494 e. The van der Waals surface area contributed by atoms with E-state index in [1.807, 2.05) is 43.3 Å². The van der Waals surface area contributed by atoms with Crippen molar-refractivity contribution in [2.24, 2.45) is 5.92 Å². The van der Waals surface area contributed by atoms with Gasteiger partial charge < -0.3 is 14.8 Å². The Balaban J connectivity index is 1.76. The van der Waals surface area contributed by atoms with Crippen LogP contribution in [0.25, 0.3) is 0 Å². The lowest BCUT2D eigenvalue weighted by Gasteiger charge is -2.56. The molecule has 0 spiro atoms. The minimum atomic E-state index is -0.568. The van der Waals surface area contributed by atoms with Crippen LogP contribution in [0.3, 0.4) is 0 Å². The normalized spacial score (nSPS) is 26.6. The number of anilines is 1. The molecule has 2 aromatic carbocycles. The Labute approximate surface area is 167 Å². The molecule has 0 amide bonds. The summed E-state index contributed by atoms with van der Waals surface area (Å²) in [5, 5.41) is 4.19. The van der Waals surface area contributed by atoms with E-state index < -0.39 is 5.72 Å². The van der Waals surface area contributed by atoms with E-state index in [2.05, 4.69) is 46.1 Å². The molecule has 6 heteroatoms. The number of hydrogen-bond acceptors (Lipinski definition) is 3. The highest BCUT2D eigenvalue weighted by Gasteiger charge is 2.53. The quantitative estimate of drug-likeness (QED) is 0.687. The minimum absolute atomic E-state index is 0.118. The molecule has 2 heterocycles. The van der Waals surface area contributed by atoms with Gasteiger partial charge >= 0.3 is 0 Å². The van der Waals surface area contributed by atoms with Crippen LogP contribution < -0.4 is 19.7 Å². The number of hydrogen-bond donors (Lipinski definition) is 1. The van der Waals surface area contributed by atoms with Crippen LogP contribution in [-0.4, -0.2) is 17.4 Å². The van der Waals surface area contributed by atoms with Crippen molar-refractivity contribution in [1.29, 1.82) is 0 Å². The highest BCUT2D eigenvalue weighted by Crippen LogP contribution is 2.49. The number of nitrogens with one attached hydrogen (secondary N) is 1. The first-order chi connectivity index (χ1) is 12.4. The van der Waals surface area contributed by atoms with Crippen LogP contribution in [0.4, 0.5) is 5.69 Å². The van der Waals surface area contributed by atoms with Gasteiger partial charge in [0.2, 0.25) is 0 Å². The fourth-order valence-corrected chi connectivity index (χ4v) is 4.62. The lowest BCUT2D eigenvalue weighted by molar-refractivity contribution is -0.00321. The Kier molecular flexibility index (Phi) is 4.35. The van der Waals surface area contributed by atoms with Gasteiger partial charge in [-0.2, -0.15) is 0 Å². The lowest BCUT2D eigenvalue weighted by atomic mass is 9.80. The van der Waals surface area contributed by atoms with Crippen LogP contribution in [0.2, 0.25) is 0 Å². The lowest BCUT2D eigenvalue weighted by Crippen LogP contribution is -2.69. The fourth-order valence-electron chi connectivity index (χ4n) is 3.83. The SMILES string of the molecule is CCOc1ccc(N2C(=S)N[C@@H]3c4cc(Br)ccc4O[C@@]2(C)[C@@H]3C)cc1. The molecule has 1 N–H and O–H groups in total. The number of nitrogens with zero attached hydrogens (tertiary/aromatic N) is 1. The number of fused-ring (bicyclic) bond motifs is 4. The van der Waals surface area contributed by atoms with Crippen molar-refractivity contribution in [3.8, 4) is 11.5 Å². The second kappa shape index (κ2) is 6.43. The van der Waals surface area contributed by atoms with Crippen LogP contribution >= 0.6 is 28.1 Å². The first-order valence-corrected chi connectivity index (χ1v) is 9.96. The summed E-state index contributed by atoms with van der Waals surface area (Å²) < 4.78 is 13.1. The van der Waals surface area contributed by atoms with Gasteiger partial charge in [0.25, 0.3) is 0 Å². The van der Waals surface area contributed by atoms with Gasteiger partial charge in [-0.1, -0.05) is 22.9 Å². The maximum Gasteiger partial charge on any atom is 0.190 e. The van der Waals surface area contributed by atoms with Gasteiger partial charge in [-0.25, -0.2) is 0 Å². The molecule has 2 aliphatic rings. The van der Waals surface area contributed by atoms with E-state index >= 15 is 0 Å². The Morgan fingerprint density at radius 3 is 2.69 bits per heavy atom.